The monoisotopic (exact) mass is 432 g/mol. The van der Waals surface area contributed by atoms with Crippen molar-refractivity contribution in [2.45, 2.75) is 54.9 Å². The van der Waals surface area contributed by atoms with E-state index >= 15 is 0 Å². The van der Waals surface area contributed by atoms with Crippen molar-refractivity contribution in [1.82, 2.24) is 4.31 Å². The molecule has 1 amide bonds. The van der Waals surface area contributed by atoms with Crippen LogP contribution in [0.2, 0.25) is 0 Å². The van der Waals surface area contributed by atoms with Gasteiger partial charge in [-0.25, -0.2) is 8.42 Å². The fraction of sp³-hybridized carbons (Fsp3) is 0.409. The second-order valence-electron chi connectivity index (χ2n) is 7.40. The first-order valence-corrected chi connectivity index (χ1v) is 12.6. The van der Waals surface area contributed by atoms with Gasteiger partial charge in [-0.3, -0.25) is 4.79 Å². The van der Waals surface area contributed by atoms with Gasteiger partial charge in [0.2, 0.25) is 15.9 Å². The molecule has 2 aromatic carbocycles. The van der Waals surface area contributed by atoms with Gasteiger partial charge in [-0.15, -0.1) is 11.8 Å². The summed E-state index contributed by atoms with van der Waals surface area (Å²) in [6.45, 7) is 1.75. The molecule has 0 heterocycles. The standard InChI is InChI=1S/C22H28N2O3S2/c1-17-12-14-19(15-13-17)29(26,27)24(18-8-4-3-5-9-18)16-22(25)23-20-10-6-7-11-21(20)28-2/h6-7,10-15,18H,3-5,8-9,16H2,1-2H3,(H,23,25). The predicted molar refractivity (Wildman–Crippen MR) is 119 cm³/mol. The molecule has 3 rings (SSSR count). The fourth-order valence-corrected chi connectivity index (χ4v) is 5.90. The van der Waals surface area contributed by atoms with Crippen molar-refractivity contribution in [3.05, 3.63) is 54.1 Å². The lowest BCUT2D eigenvalue weighted by molar-refractivity contribution is -0.116. The molecule has 0 saturated heterocycles. The zero-order valence-corrected chi connectivity index (χ0v) is 18.6. The van der Waals surface area contributed by atoms with Crippen LogP contribution in [0.1, 0.15) is 37.7 Å². The summed E-state index contributed by atoms with van der Waals surface area (Å²) < 4.78 is 28.2. The third-order valence-electron chi connectivity index (χ3n) is 5.29. The Kier molecular flexibility index (Phi) is 7.38. The highest BCUT2D eigenvalue weighted by molar-refractivity contribution is 7.98. The molecule has 1 aliphatic carbocycles. The van der Waals surface area contributed by atoms with Crippen molar-refractivity contribution >= 4 is 33.4 Å². The van der Waals surface area contributed by atoms with E-state index in [2.05, 4.69) is 5.32 Å². The minimum Gasteiger partial charge on any atom is -0.324 e. The molecule has 156 valence electrons. The normalized spacial score (nSPS) is 15.4. The van der Waals surface area contributed by atoms with E-state index in [0.717, 1.165) is 42.6 Å². The molecule has 0 aromatic heterocycles. The molecule has 0 bridgehead atoms. The maximum atomic E-state index is 13.4. The summed E-state index contributed by atoms with van der Waals surface area (Å²) in [5.41, 5.74) is 1.71. The molecule has 29 heavy (non-hydrogen) atoms. The number of nitrogens with one attached hydrogen (secondary N) is 1. The number of carbonyl (C=O) groups is 1. The summed E-state index contributed by atoms with van der Waals surface area (Å²) in [6, 6.07) is 14.2. The molecule has 1 fully saturated rings. The SMILES string of the molecule is CSc1ccccc1NC(=O)CN(C1CCCCC1)S(=O)(=O)c1ccc(C)cc1. The Morgan fingerprint density at radius 3 is 2.38 bits per heavy atom. The minimum absolute atomic E-state index is 0.142. The predicted octanol–water partition coefficient (Wildman–Crippen LogP) is 4.68. The van der Waals surface area contributed by atoms with E-state index in [1.165, 1.54) is 4.31 Å². The molecule has 1 saturated carbocycles. The van der Waals surface area contributed by atoms with Crippen LogP contribution in [-0.2, 0) is 14.8 Å². The van der Waals surface area contributed by atoms with Crippen LogP contribution < -0.4 is 5.32 Å². The summed E-state index contributed by atoms with van der Waals surface area (Å²) in [7, 11) is -3.75. The number of carbonyl (C=O) groups excluding carboxylic acids is 1. The lowest BCUT2D eigenvalue weighted by atomic mass is 9.95. The summed E-state index contributed by atoms with van der Waals surface area (Å²) in [5, 5.41) is 2.90. The Bertz CT molecular complexity index is 937. The number of aryl methyl sites for hydroxylation is 1. The van der Waals surface area contributed by atoms with E-state index in [1.54, 1.807) is 36.0 Å². The van der Waals surface area contributed by atoms with Crippen molar-refractivity contribution in [3.63, 3.8) is 0 Å². The highest BCUT2D eigenvalue weighted by atomic mass is 32.2. The van der Waals surface area contributed by atoms with E-state index in [0.29, 0.717) is 5.69 Å². The number of amides is 1. The van der Waals surface area contributed by atoms with Gasteiger partial charge >= 0.3 is 0 Å². The summed E-state index contributed by atoms with van der Waals surface area (Å²) in [6.07, 6.45) is 6.62. The van der Waals surface area contributed by atoms with E-state index < -0.39 is 10.0 Å². The molecule has 7 heteroatoms. The van der Waals surface area contributed by atoms with Gasteiger partial charge in [-0.05, 0) is 50.3 Å². The Balaban J connectivity index is 1.85. The van der Waals surface area contributed by atoms with Crippen molar-refractivity contribution < 1.29 is 13.2 Å². The Morgan fingerprint density at radius 2 is 1.72 bits per heavy atom. The summed E-state index contributed by atoms with van der Waals surface area (Å²) in [4.78, 5) is 14.0. The van der Waals surface area contributed by atoms with Crippen LogP contribution in [0.25, 0.3) is 0 Å². The number of thioether (sulfide) groups is 1. The van der Waals surface area contributed by atoms with Gasteiger partial charge in [0.1, 0.15) is 0 Å². The number of para-hydroxylation sites is 1. The van der Waals surface area contributed by atoms with Crippen LogP contribution in [-0.4, -0.2) is 37.5 Å². The van der Waals surface area contributed by atoms with E-state index in [4.69, 9.17) is 0 Å². The molecule has 0 aliphatic heterocycles. The summed E-state index contributed by atoms with van der Waals surface area (Å²) >= 11 is 1.54. The molecule has 1 aliphatic rings. The quantitative estimate of drug-likeness (QED) is 0.645. The first-order valence-electron chi connectivity index (χ1n) is 9.93. The van der Waals surface area contributed by atoms with Crippen LogP contribution in [0.5, 0.6) is 0 Å². The highest BCUT2D eigenvalue weighted by Crippen LogP contribution is 2.29. The average molecular weight is 433 g/mol. The molecule has 0 unspecified atom stereocenters. The minimum atomic E-state index is -3.75. The van der Waals surface area contributed by atoms with E-state index in [1.807, 2.05) is 37.4 Å². The third-order valence-corrected chi connectivity index (χ3v) is 8.00. The molecule has 0 radical (unpaired) electrons. The molecular weight excluding hydrogens is 404 g/mol. The molecule has 5 nitrogen and oxygen atoms in total. The lowest BCUT2D eigenvalue weighted by Crippen LogP contribution is -2.45. The smallest absolute Gasteiger partial charge is 0.243 e. The molecule has 1 N–H and O–H groups in total. The van der Waals surface area contributed by atoms with Crippen LogP contribution in [0.4, 0.5) is 5.69 Å². The first-order chi connectivity index (χ1) is 13.9. The van der Waals surface area contributed by atoms with Crippen molar-refractivity contribution in [2.75, 3.05) is 18.1 Å². The number of rotatable bonds is 7. The van der Waals surface area contributed by atoms with E-state index in [-0.39, 0.29) is 23.4 Å². The third kappa shape index (κ3) is 5.41. The Hall–Kier alpha value is -1.83. The van der Waals surface area contributed by atoms with Crippen LogP contribution in [0, 0.1) is 6.92 Å². The Labute approximate surface area is 177 Å². The van der Waals surface area contributed by atoms with Crippen LogP contribution in [0.15, 0.2) is 58.3 Å². The summed E-state index contributed by atoms with van der Waals surface area (Å²) in [5.74, 6) is -0.312. The highest BCUT2D eigenvalue weighted by Gasteiger charge is 2.34. The first kappa shape index (κ1) is 21.9. The van der Waals surface area contributed by atoms with Gasteiger partial charge in [0.25, 0.3) is 0 Å². The molecule has 0 spiro atoms. The topological polar surface area (TPSA) is 66.5 Å². The van der Waals surface area contributed by atoms with Gasteiger partial charge in [-0.1, -0.05) is 49.1 Å². The van der Waals surface area contributed by atoms with Crippen molar-refractivity contribution in [3.8, 4) is 0 Å². The lowest BCUT2D eigenvalue weighted by Gasteiger charge is -2.33. The largest absolute Gasteiger partial charge is 0.324 e. The van der Waals surface area contributed by atoms with Gasteiger partial charge in [0, 0.05) is 10.9 Å². The maximum absolute atomic E-state index is 13.4. The fourth-order valence-electron chi connectivity index (χ4n) is 3.70. The van der Waals surface area contributed by atoms with Gasteiger partial charge in [-0.2, -0.15) is 4.31 Å². The molecule has 2 aromatic rings. The van der Waals surface area contributed by atoms with E-state index in [9.17, 15) is 13.2 Å². The average Bonchev–Trinajstić information content (AvgIpc) is 2.73. The number of benzene rings is 2. The zero-order chi connectivity index (χ0) is 20.9. The molecule has 0 atom stereocenters. The van der Waals surface area contributed by atoms with Gasteiger partial charge in [0.05, 0.1) is 17.1 Å². The zero-order valence-electron chi connectivity index (χ0n) is 16.9. The Morgan fingerprint density at radius 1 is 1.07 bits per heavy atom. The van der Waals surface area contributed by atoms with Crippen LogP contribution >= 0.6 is 11.8 Å². The van der Waals surface area contributed by atoms with Crippen LogP contribution in [0.3, 0.4) is 0 Å². The van der Waals surface area contributed by atoms with Crippen molar-refractivity contribution in [1.29, 1.82) is 0 Å². The second kappa shape index (κ2) is 9.78. The number of hydrogen-bond donors (Lipinski definition) is 1. The van der Waals surface area contributed by atoms with Gasteiger partial charge in [0.15, 0.2) is 0 Å². The molecular formula is C22H28N2O3S2. The number of sulfonamides is 1. The number of nitrogens with zero attached hydrogens (tertiary/aromatic N) is 1. The number of anilines is 1. The maximum Gasteiger partial charge on any atom is 0.243 e. The second-order valence-corrected chi connectivity index (χ2v) is 10.1. The van der Waals surface area contributed by atoms with Gasteiger partial charge < -0.3 is 5.32 Å². The van der Waals surface area contributed by atoms with Crippen molar-refractivity contribution in [2.24, 2.45) is 0 Å². The number of hydrogen-bond acceptors (Lipinski definition) is 4.